The maximum absolute atomic E-state index is 12.4. The standard InChI is InChI=1S/C18H32N2O8SSi/c1-8-25-15-14(28-30(6,7)18(2,3)4)12(11-26-29(5,23)24)27-16(15)20-10-9-13(21)19-17(20)22/h9-10,12,14-16H,8,11H2,1-7H3,(H,19,21,22)/t12-,14-,15-,16+/m1/s1. The number of hydrogen-bond donors (Lipinski definition) is 1. The summed E-state index contributed by atoms with van der Waals surface area (Å²) >= 11 is 0. The number of hydrogen-bond acceptors (Lipinski definition) is 8. The number of aromatic amines is 1. The van der Waals surface area contributed by atoms with Crippen LogP contribution < -0.4 is 11.2 Å². The van der Waals surface area contributed by atoms with E-state index >= 15 is 0 Å². The Kier molecular flexibility index (Phi) is 7.52. The zero-order valence-electron chi connectivity index (χ0n) is 18.5. The summed E-state index contributed by atoms with van der Waals surface area (Å²) in [4.78, 5) is 26.0. The minimum Gasteiger partial charge on any atom is -0.408 e. The van der Waals surface area contributed by atoms with Gasteiger partial charge in [-0.2, -0.15) is 8.42 Å². The molecule has 2 heterocycles. The van der Waals surface area contributed by atoms with Crippen LogP contribution in [-0.4, -0.2) is 64.1 Å². The fourth-order valence-corrected chi connectivity index (χ4v) is 4.61. The van der Waals surface area contributed by atoms with E-state index in [1.165, 1.54) is 16.8 Å². The monoisotopic (exact) mass is 464 g/mol. The molecule has 1 aromatic rings. The third-order valence-corrected chi connectivity index (χ3v) is 10.5. The average Bonchev–Trinajstić information content (AvgIpc) is 2.89. The van der Waals surface area contributed by atoms with Crippen LogP contribution in [0.15, 0.2) is 21.9 Å². The summed E-state index contributed by atoms with van der Waals surface area (Å²) in [5.74, 6) is 0. The molecule has 30 heavy (non-hydrogen) atoms. The molecule has 0 aliphatic carbocycles. The fraction of sp³-hybridized carbons (Fsp3) is 0.778. The predicted octanol–water partition coefficient (Wildman–Crippen LogP) is 1.21. The lowest BCUT2D eigenvalue weighted by atomic mass is 10.1. The number of nitrogens with zero attached hydrogens (tertiary/aromatic N) is 1. The Bertz CT molecular complexity index is 950. The molecule has 2 rings (SSSR count). The van der Waals surface area contributed by atoms with E-state index in [9.17, 15) is 18.0 Å². The quantitative estimate of drug-likeness (QED) is 0.449. The van der Waals surface area contributed by atoms with Crippen LogP contribution in [0.1, 0.15) is 33.9 Å². The number of ether oxygens (including phenoxy) is 2. The van der Waals surface area contributed by atoms with E-state index in [1.54, 1.807) is 6.92 Å². The van der Waals surface area contributed by atoms with Crippen LogP contribution >= 0.6 is 0 Å². The Labute approximate surface area is 177 Å². The van der Waals surface area contributed by atoms with E-state index in [1.807, 2.05) is 0 Å². The summed E-state index contributed by atoms with van der Waals surface area (Å²) in [5.41, 5.74) is -1.19. The summed E-state index contributed by atoms with van der Waals surface area (Å²) in [6.45, 7) is 12.2. The smallest absolute Gasteiger partial charge is 0.330 e. The molecule has 0 aromatic carbocycles. The van der Waals surface area contributed by atoms with Crippen molar-refractivity contribution in [2.75, 3.05) is 19.5 Å². The molecule has 1 fully saturated rings. The first-order valence-corrected chi connectivity index (χ1v) is 14.5. The molecule has 0 unspecified atom stereocenters. The maximum atomic E-state index is 12.4. The van der Waals surface area contributed by atoms with Crippen molar-refractivity contribution in [3.8, 4) is 0 Å². The van der Waals surface area contributed by atoms with Gasteiger partial charge in [-0.15, -0.1) is 0 Å². The van der Waals surface area contributed by atoms with Gasteiger partial charge >= 0.3 is 5.69 Å². The van der Waals surface area contributed by atoms with E-state index in [0.717, 1.165) is 6.26 Å². The van der Waals surface area contributed by atoms with Crippen LogP contribution in [0.3, 0.4) is 0 Å². The van der Waals surface area contributed by atoms with Gasteiger partial charge in [0.2, 0.25) is 0 Å². The summed E-state index contributed by atoms with van der Waals surface area (Å²) in [7, 11) is -6.03. The molecule has 1 aromatic heterocycles. The summed E-state index contributed by atoms with van der Waals surface area (Å²) in [6.07, 6.45) is -0.819. The first-order valence-electron chi connectivity index (χ1n) is 9.77. The molecule has 1 aliphatic heterocycles. The molecule has 1 N–H and O–H groups in total. The van der Waals surface area contributed by atoms with Crippen molar-refractivity contribution in [1.29, 1.82) is 0 Å². The van der Waals surface area contributed by atoms with Crippen molar-refractivity contribution in [2.24, 2.45) is 0 Å². The zero-order valence-corrected chi connectivity index (χ0v) is 20.3. The lowest BCUT2D eigenvalue weighted by Crippen LogP contribution is -2.50. The Morgan fingerprint density at radius 1 is 1.23 bits per heavy atom. The molecule has 1 saturated heterocycles. The first kappa shape index (κ1) is 25.0. The fourth-order valence-electron chi connectivity index (χ4n) is 2.91. The molecule has 0 amide bonds. The van der Waals surface area contributed by atoms with E-state index in [4.69, 9.17) is 18.1 Å². The van der Waals surface area contributed by atoms with Crippen molar-refractivity contribution in [3.05, 3.63) is 33.1 Å². The van der Waals surface area contributed by atoms with Crippen LogP contribution in [0.5, 0.6) is 0 Å². The molecular formula is C18H32N2O8SSi. The molecule has 0 radical (unpaired) electrons. The maximum Gasteiger partial charge on any atom is 0.330 e. The largest absolute Gasteiger partial charge is 0.408 e. The average molecular weight is 465 g/mol. The van der Waals surface area contributed by atoms with E-state index in [-0.39, 0.29) is 11.6 Å². The van der Waals surface area contributed by atoms with Gasteiger partial charge in [0.25, 0.3) is 15.7 Å². The Balaban J connectivity index is 2.47. The number of rotatable bonds is 8. The lowest BCUT2D eigenvalue weighted by molar-refractivity contribution is -0.0699. The second-order valence-electron chi connectivity index (χ2n) is 8.83. The van der Waals surface area contributed by atoms with Gasteiger partial charge in [-0.05, 0) is 25.1 Å². The third kappa shape index (κ3) is 5.89. The number of nitrogens with one attached hydrogen (secondary N) is 1. The van der Waals surface area contributed by atoms with Gasteiger partial charge in [0.1, 0.15) is 18.3 Å². The highest BCUT2D eigenvalue weighted by Crippen LogP contribution is 2.42. The lowest BCUT2D eigenvalue weighted by Gasteiger charge is -2.40. The van der Waals surface area contributed by atoms with Crippen LogP contribution in [0.25, 0.3) is 0 Å². The van der Waals surface area contributed by atoms with Crippen LogP contribution in [0, 0.1) is 0 Å². The number of aromatic nitrogens is 2. The van der Waals surface area contributed by atoms with Gasteiger partial charge in [-0.3, -0.25) is 18.5 Å². The highest BCUT2D eigenvalue weighted by atomic mass is 32.2. The minimum atomic E-state index is -3.71. The SMILES string of the molecule is CCO[C@@H]1[C@H](O[Si](C)(C)C(C)(C)C)[C@@H](COS(C)(=O)=O)O[C@@H]1n1ccc(=O)[nH]c1=O. The van der Waals surface area contributed by atoms with Gasteiger partial charge in [0.05, 0.1) is 12.9 Å². The van der Waals surface area contributed by atoms with Gasteiger partial charge < -0.3 is 13.9 Å². The van der Waals surface area contributed by atoms with Crippen molar-refractivity contribution in [3.63, 3.8) is 0 Å². The van der Waals surface area contributed by atoms with Gasteiger partial charge in [0, 0.05) is 18.9 Å². The van der Waals surface area contributed by atoms with Crippen molar-refractivity contribution in [1.82, 2.24) is 9.55 Å². The topological polar surface area (TPSA) is 126 Å². The van der Waals surface area contributed by atoms with Crippen LogP contribution in [0.2, 0.25) is 18.1 Å². The Morgan fingerprint density at radius 3 is 2.37 bits per heavy atom. The molecule has 172 valence electrons. The molecule has 10 nitrogen and oxygen atoms in total. The molecule has 12 heteroatoms. The molecule has 0 bridgehead atoms. The normalized spacial score (nSPS) is 25.6. The summed E-state index contributed by atoms with van der Waals surface area (Å²) in [6, 6.07) is 1.21. The zero-order chi connectivity index (χ0) is 22.9. The van der Waals surface area contributed by atoms with E-state index in [0.29, 0.717) is 6.61 Å². The highest BCUT2D eigenvalue weighted by molar-refractivity contribution is 7.85. The highest BCUT2D eigenvalue weighted by Gasteiger charge is 2.51. The molecule has 4 atom stereocenters. The van der Waals surface area contributed by atoms with Gasteiger partial charge in [0.15, 0.2) is 14.5 Å². The van der Waals surface area contributed by atoms with Gasteiger partial charge in [-0.25, -0.2) is 4.79 Å². The van der Waals surface area contributed by atoms with Crippen molar-refractivity contribution >= 4 is 18.4 Å². The van der Waals surface area contributed by atoms with Crippen molar-refractivity contribution < 1.29 is 26.5 Å². The minimum absolute atomic E-state index is 0.126. The molecule has 0 spiro atoms. The van der Waals surface area contributed by atoms with Crippen LogP contribution in [0.4, 0.5) is 0 Å². The summed E-state index contributed by atoms with van der Waals surface area (Å²) in [5, 5.41) is -0.126. The second-order valence-corrected chi connectivity index (χ2v) is 15.2. The third-order valence-electron chi connectivity index (χ3n) is 5.45. The van der Waals surface area contributed by atoms with E-state index < -0.39 is 54.2 Å². The van der Waals surface area contributed by atoms with Crippen molar-refractivity contribution in [2.45, 2.75) is 70.4 Å². The first-order chi connectivity index (χ1) is 13.7. The predicted molar refractivity (Wildman–Crippen MR) is 114 cm³/mol. The summed E-state index contributed by atoms with van der Waals surface area (Å²) < 4.78 is 47.8. The van der Waals surface area contributed by atoms with Crippen LogP contribution in [-0.2, 0) is 28.2 Å². The molecular weight excluding hydrogens is 432 g/mol. The van der Waals surface area contributed by atoms with E-state index in [2.05, 4.69) is 38.8 Å². The van der Waals surface area contributed by atoms with Gasteiger partial charge in [-0.1, -0.05) is 20.8 Å². The Hall–Kier alpha value is -1.31. The second kappa shape index (κ2) is 9.05. The molecule has 1 aliphatic rings. The molecule has 0 saturated carbocycles. The number of H-pyrrole nitrogens is 1. The Morgan fingerprint density at radius 2 is 1.87 bits per heavy atom.